The van der Waals surface area contributed by atoms with E-state index in [2.05, 4.69) is 90.2 Å². The van der Waals surface area contributed by atoms with E-state index in [1.807, 2.05) is 0 Å². The molecule has 0 radical (unpaired) electrons. The first-order valence-corrected chi connectivity index (χ1v) is 15.5. The molecule has 1 aliphatic rings. The number of hydrogen-bond donors (Lipinski definition) is 0. The van der Waals surface area contributed by atoms with Crippen LogP contribution in [0.4, 0.5) is 5.69 Å². The third-order valence-electron chi connectivity index (χ3n) is 6.12. The molecule has 180 valence electrons. The number of para-hydroxylation sites is 1. The van der Waals surface area contributed by atoms with Crippen LogP contribution in [0.5, 0.6) is 0 Å². The van der Waals surface area contributed by atoms with Gasteiger partial charge in [0.05, 0.1) is 0 Å². The van der Waals surface area contributed by atoms with Crippen LogP contribution in [0.3, 0.4) is 0 Å². The van der Waals surface area contributed by atoms with Crippen molar-refractivity contribution < 1.29 is 25.8 Å². The summed E-state index contributed by atoms with van der Waals surface area (Å²) in [5, 5.41) is 5.49. The van der Waals surface area contributed by atoms with E-state index in [4.69, 9.17) is 10.3 Å². The monoisotopic (exact) mass is 630 g/mol. The van der Waals surface area contributed by atoms with E-state index in [0.717, 1.165) is 11.7 Å². The van der Waals surface area contributed by atoms with Crippen LogP contribution in [-0.4, -0.2) is 13.1 Å². The topological polar surface area (TPSA) is 27.0 Å². The Hall–Kier alpha value is -0.743. The van der Waals surface area contributed by atoms with Crippen molar-refractivity contribution in [2.75, 3.05) is 0 Å². The summed E-state index contributed by atoms with van der Waals surface area (Å²) < 4.78 is 0. The smallest absolute Gasteiger partial charge is 0.677 e. The number of benzene rings is 1. The molecule has 1 aromatic heterocycles. The Morgan fingerprint density at radius 2 is 1.55 bits per heavy atom. The average molecular weight is 629 g/mol. The molecule has 1 aromatic carbocycles. The first-order valence-electron chi connectivity index (χ1n) is 11.8. The molecule has 3 rings (SSSR count). The summed E-state index contributed by atoms with van der Waals surface area (Å²) in [5.41, 5.74) is 6.33. The fraction of sp³-hybridized carbons (Fsp3) is 0.517. The second kappa shape index (κ2) is 14.0. The van der Waals surface area contributed by atoms with E-state index >= 15 is 0 Å². The molecule has 1 aliphatic carbocycles. The molecule has 2 unspecified atom stereocenters. The Balaban J connectivity index is 0.00000341. The third kappa shape index (κ3) is 8.76. The minimum atomic E-state index is -1.34. The summed E-state index contributed by atoms with van der Waals surface area (Å²) >= 11 is 0. The number of rotatable bonds is 8. The molecule has 4 heteroatoms. The normalized spacial score (nSPS) is 16.6. The Labute approximate surface area is 225 Å². The van der Waals surface area contributed by atoms with E-state index in [1.165, 1.54) is 41.8 Å². The molecule has 1 saturated carbocycles. The first-order chi connectivity index (χ1) is 14.2. The summed E-state index contributed by atoms with van der Waals surface area (Å²) in [6.45, 7) is 16.5. The van der Waals surface area contributed by atoms with Gasteiger partial charge in [-0.1, -0.05) is 108 Å². The van der Waals surface area contributed by atoms with Crippen LogP contribution in [0.25, 0.3) is 5.32 Å². The van der Waals surface area contributed by atoms with E-state index in [-0.39, 0.29) is 46.7 Å². The van der Waals surface area contributed by atoms with E-state index in [9.17, 15) is 0 Å². The second-order valence-corrected chi connectivity index (χ2v) is 16.3. The first kappa shape index (κ1) is 32.3. The van der Waals surface area contributed by atoms with Gasteiger partial charge in [0, 0.05) is 19.5 Å². The molecule has 0 spiro atoms. The maximum atomic E-state index is 5.49. The van der Waals surface area contributed by atoms with Crippen LogP contribution in [0, 0.1) is 21.3 Å². The zero-order valence-electron chi connectivity index (χ0n) is 22.6. The fourth-order valence-electron chi connectivity index (χ4n) is 4.52. The number of pyridine rings is 1. The van der Waals surface area contributed by atoms with Crippen LogP contribution in [0.1, 0.15) is 93.3 Å². The van der Waals surface area contributed by atoms with E-state index < -0.39 is 8.07 Å². The van der Waals surface area contributed by atoms with Crippen molar-refractivity contribution in [2.24, 2.45) is 0 Å². The van der Waals surface area contributed by atoms with E-state index in [0.29, 0.717) is 17.8 Å². The molecule has 0 amide bonds. The van der Waals surface area contributed by atoms with Crippen molar-refractivity contribution >= 4 is 13.8 Å². The van der Waals surface area contributed by atoms with Gasteiger partial charge in [-0.25, -0.2) is 0 Å². The van der Waals surface area contributed by atoms with Gasteiger partial charge in [-0.05, 0) is 24.0 Å². The molecular weight excluding hydrogens is 583 g/mol. The summed E-state index contributed by atoms with van der Waals surface area (Å²) in [6, 6.07) is 14.6. The standard InChI is InChI=1S/C27H40N2Si.2CH3.Hf/c1-19(2)22-14-10-15-23(20(3)4)27(22)29-26(18-30(5,6)7)25-17-11-16-24(28-25)21-12-8-9-13-21;;;/h10-12,14-17,19-21,26H,8-9,13,18H2,1-7H3;2*1H3;/q-2;2*-1;+4. The Morgan fingerprint density at radius 1 is 0.970 bits per heavy atom. The Kier molecular flexibility index (Phi) is 13.7. The van der Waals surface area contributed by atoms with Gasteiger partial charge in [0.1, 0.15) is 0 Å². The molecule has 2 nitrogen and oxygen atoms in total. The van der Waals surface area contributed by atoms with Gasteiger partial charge >= 0.3 is 25.8 Å². The zero-order chi connectivity index (χ0) is 21.9. The minimum absolute atomic E-state index is 0. The van der Waals surface area contributed by atoms with Crippen LogP contribution < -0.4 is 0 Å². The van der Waals surface area contributed by atoms with Crippen molar-refractivity contribution in [2.45, 2.75) is 96.4 Å². The van der Waals surface area contributed by atoms with Crippen molar-refractivity contribution in [1.82, 2.24) is 4.98 Å². The zero-order valence-corrected chi connectivity index (χ0v) is 27.2. The summed E-state index contributed by atoms with van der Waals surface area (Å²) in [6.07, 6.45) is 6.19. The Bertz CT molecular complexity index is 810. The van der Waals surface area contributed by atoms with Crippen molar-refractivity contribution in [3.63, 3.8) is 0 Å². The van der Waals surface area contributed by atoms with Gasteiger partial charge in [-0.2, -0.15) is 6.42 Å². The van der Waals surface area contributed by atoms with Crippen LogP contribution in [-0.2, 0) is 25.8 Å². The van der Waals surface area contributed by atoms with Gasteiger partial charge in [0.25, 0.3) is 0 Å². The molecule has 2 atom stereocenters. The molecular formula is C29H46HfN2Si. The van der Waals surface area contributed by atoms with Gasteiger partial charge < -0.3 is 26.6 Å². The van der Waals surface area contributed by atoms with E-state index in [1.54, 1.807) is 0 Å². The molecule has 0 bridgehead atoms. The van der Waals surface area contributed by atoms with Crippen LogP contribution >= 0.6 is 0 Å². The summed E-state index contributed by atoms with van der Waals surface area (Å²) in [5.74, 6) is 1.44. The molecule has 0 aliphatic heterocycles. The van der Waals surface area contributed by atoms with Crippen molar-refractivity contribution in [1.29, 1.82) is 0 Å². The minimum Gasteiger partial charge on any atom is -0.677 e. The maximum absolute atomic E-state index is 5.49. The molecule has 0 saturated heterocycles. The van der Waals surface area contributed by atoms with Crippen molar-refractivity contribution in [3.8, 4) is 0 Å². The molecule has 33 heavy (non-hydrogen) atoms. The van der Waals surface area contributed by atoms with Gasteiger partial charge in [0.15, 0.2) is 0 Å². The SMILES string of the molecule is CC(C)c1cccc(C(C)C)c1[N-]C(C[Si](C)(C)C)c1cccc(C2[CH-]CCC2)n1.[CH3-].[CH3-].[Hf+4]. The average Bonchev–Trinajstić information content (AvgIpc) is 3.21. The fourth-order valence-corrected chi connectivity index (χ4v) is 5.98. The number of aromatic nitrogens is 1. The largest absolute Gasteiger partial charge is 4.00 e. The number of hydrogen-bond acceptors (Lipinski definition) is 1. The predicted octanol–water partition coefficient (Wildman–Crippen LogP) is 9.78. The molecule has 1 fully saturated rings. The second-order valence-electron chi connectivity index (χ2n) is 10.8. The third-order valence-corrected chi connectivity index (χ3v) is 7.73. The van der Waals surface area contributed by atoms with Gasteiger partial charge in [-0.15, -0.1) is 11.6 Å². The summed E-state index contributed by atoms with van der Waals surface area (Å²) in [4.78, 5) is 5.18. The van der Waals surface area contributed by atoms with Crippen molar-refractivity contribution in [3.05, 3.63) is 85.5 Å². The van der Waals surface area contributed by atoms with Crippen LogP contribution in [0.15, 0.2) is 36.4 Å². The molecule has 1 heterocycles. The van der Waals surface area contributed by atoms with Gasteiger partial charge in [-0.3, -0.25) is 4.98 Å². The summed E-state index contributed by atoms with van der Waals surface area (Å²) in [7, 11) is -1.34. The molecule has 2 aromatic rings. The molecule has 0 N–H and O–H groups in total. The Morgan fingerprint density at radius 3 is 2.03 bits per heavy atom. The predicted molar refractivity (Wildman–Crippen MR) is 146 cm³/mol. The van der Waals surface area contributed by atoms with Crippen LogP contribution in [0.2, 0.25) is 25.7 Å². The number of nitrogens with zero attached hydrogens (tertiary/aromatic N) is 2. The maximum Gasteiger partial charge on any atom is 4.00 e. The quantitative estimate of drug-likeness (QED) is 0.211. The van der Waals surface area contributed by atoms with Gasteiger partial charge in [0.2, 0.25) is 0 Å².